The highest BCUT2D eigenvalue weighted by molar-refractivity contribution is 6.31. The summed E-state index contributed by atoms with van der Waals surface area (Å²) in [5.74, 6) is 0. The van der Waals surface area contributed by atoms with Crippen molar-refractivity contribution in [2.75, 3.05) is 0 Å². The van der Waals surface area contributed by atoms with Gasteiger partial charge in [-0.25, -0.2) is 0 Å². The monoisotopic (exact) mass is 236 g/mol. The Morgan fingerprint density at radius 3 is 2.80 bits per heavy atom. The van der Waals surface area contributed by atoms with Gasteiger partial charge in [0.1, 0.15) is 5.15 Å². The lowest BCUT2D eigenvalue weighted by molar-refractivity contribution is 1.23. The van der Waals surface area contributed by atoms with Gasteiger partial charge in [-0.15, -0.1) is 0 Å². The van der Waals surface area contributed by atoms with Gasteiger partial charge in [0.25, 0.3) is 0 Å². The predicted molar refractivity (Wildman–Crippen MR) is 62.7 cm³/mol. The van der Waals surface area contributed by atoms with Gasteiger partial charge in [-0.3, -0.25) is 9.38 Å². The van der Waals surface area contributed by atoms with Crippen molar-refractivity contribution < 1.29 is 0 Å². The van der Waals surface area contributed by atoms with E-state index in [0.717, 1.165) is 16.6 Å². The van der Waals surface area contributed by atoms with E-state index in [1.807, 2.05) is 34.7 Å². The zero-order chi connectivity index (χ0) is 10.4. The molecule has 0 saturated carbocycles. The van der Waals surface area contributed by atoms with Crippen molar-refractivity contribution in [1.82, 2.24) is 9.38 Å². The molecule has 4 heteroatoms. The van der Waals surface area contributed by atoms with Crippen molar-refractivity contribution in [3.63, 3.8) is 0 Å². The second-order valence-electron chi connectivity index (χ2n) is 3.31. The summed E-state index contributed by atoms with van der Waals surface area (Å²) in [4.78, 5) is 4.32. The summed E-state index contributed by atoms with van der Waals surface area (Å²) in [5, 5.41) is 1.36. The Morgan fingerprint density at radius 1 is 1.07 bits per heavy atom. The number of fused-ring (bicyclic) bond motifs is 3. The van der Waals surface area contributed by atoms with Crippen LogP contribution in [0.5, 0.6) is 0 Å². The molecule has 0 unspecified atom stereocenters. The Morgan fingerprint density at radius 2 is 1.93 bits per heavy atom. The third-order valence-corrected chi connectivity index (χ3v) is 2.91. The molecule has 0 atom stereocenters. The van der Waals surface area contributed by atoms with Crippen LogP contribution in [-0.2, 0) is 0 Å². The number of halogens is 2. The Kier molecular flexibility index (Phi) is 1.87. The van der Waals surface area contributed by atoms with Crippen LogP contribution in [0, 0.1) is 0 Å². The first-order chi connectivity index (χ1) is 7.25. The van der Waals surface area contributed by atoms with Gasteiger partial charge in [-0.2, -0.15) is 0 Å². The largest absolute Gasteiger partial charge is 0.297 e. The number of nitrogens with zero attached hydrogens (tertiary/aromatic N) is 2. The normalized spacial score (nSPS) is 11.3. The summed E-state index contributed by atoms with van der Waals surface area (Å²) >= 11 is 12.0. The highest BCUT2D eigenvalue weighted by Gasteiger charge is 2.04. The highest BCUT2D eigenvalue weighted by Crippen LogP contribution is 2.23. The first-order valence-electron chi connectivity index (χ1n) is 4.47. The number of rotatable bonds is 0. The fraction of sp³-hybridized carbons (Fsp3) is 0. The zero-order valence-corrected chi connectivity index (χ0v) is 9.13. The van der Waals surface area contributed by atoms with E-state index in [1.165, 1.54) is 0 Å². The molecule has 1 aromatic carbocycles. The number of aromatic nitrogens is 2. The van der Waals surface area contributed by atoms with Crippen LogP contribution in [0.3, 0.4) is 0 Å². The second-order valence-corrected chi connectivity index (χ2v) is 4.13. The van der Waals surface area contributed by atoms with Gasteiger partial charge in [0.15, 0.2) is 0 Å². The van der Waals surface area contributed by atoms with Crippen LogP contribution in [0.4, 0.5) is 0 Å². The van der Waals surface area contributed by atoms with Crippen molar-refractivity contribution in [3.05, 3.63) is 46.7 Å². The Hall–Kier alpha value is -1.25. The molecule has 0 saturated heterocycles. The summed E-state index contributed by atoms with van der Waals surface area (Å²) in [7, 11) is 0. The van der Waals surface area contributed by atoms with Gasteiger partial charge in [-0.1, -0.05) is 23.2 Å². The minimum Gasteiger partial charge on any atom is -0.297 e. The minimum absolute atomic E-state index is 0.678. The SMILES string of the molecule is Clc1ccc2c(c1)ncc1ccc(Cl)n12. The summed E-state index contributed by atoms with van der Waals surface area (Å²) in [6, 6.07) is 9.37. The van der Waals surface area contributed by atoms with Crippen LogP contribution in [0.25, 0.3) is 16.6 Å². The molecule has 0 amide bonds. The van der Waals surface area contributed by atoms with Crippen molar-refractivity contribution in [1.29, 1.82) is 0 Å². The Balaban J connectivity index is 2.58. The van der Waals surface area contributed by atoms with Gasteiger partial charge in [0, 0.05) is 5.02 Å². The van der Waals surface area contributed by atoms with Crippen molar-refractivity contribution in [3.8, 4) is 0 Å². The molecule has 3 rings (SSSR count). The molecule has 0 aliphatic carbocycles. The molecule has 0 spiro atoms. The quantitative estimate of drug-likeness (QED) is 0.581. The lowest BCUT2D eigenvalue weighted by Gasteiger charge is -2.03. The van der Waals surface area contributed by atoms with Crippen LogP contribution < -0.4 is 0 Å². The molecule has 74 valence electrons. The van der Waals surface area contributed by atoms with E-state index in [4.69, 9.17) is 23.2 Å². The third-order valence-electron chi connectivity index (χ3n) is 2.38. The van der Waals surface area contributed by atoms with E-state index >= 15 is 0 Å². The van der Waals surface area contributed by atoms with E-state index in [2.05, 4.69) is 4.98 Å². The summed E-state index contributed by atoms with van der Waals surface area (Å²) < 4.78 is 1.94. The lowest BCUT2D eigenvalue weighted by Crippen LogP contribution is -1.89. The Bertz CT molecular complexity index is 658. The van der Waals surface area contributed by atoms with Gasteiger partial charge in [0.05, 0.1) is 22.7 Å². The van der Waals surface area contributed by atoms with Gasteiger partial charge >= 0.3 is 0 Å². The third kappa shape index (κ3) is 1.29. The summed E-state index contributed by atoms with van der Waals surface area (Å²) in [5.41, 5.74) is 2.79. The predicted octanol–water partition coefficient (Wildman–Crippen LogP) is 3.79. The number of benzene rings is 1. The summed E-state index contributed by atoms with van der Waals surface area (Å²) in [6.07, 6.45) is 1.78. The van der Waals surface area contributed by atoms with E-state index in [9.17, 15) is 0 Å². The second kappa shape index (κ2) is 3.12. The fourth-order valence-electron chi connectivity index (χ4n) is 1.71. The first kappa shape index (κ1) is 9.01. The molecule has 0 fully saturated rings. The maximum atomic E-state index is 6.09. The molecule has 0 bridgehead atoms. The maximum absolute atomic E-state index is 6.09. The molecular formula is C11H6Cl2N2. The minimum atomic E-state index is 0.678. The standard InChI is InChI=1S/C11H6Cl2N2/c12-7-1-3-10-9(5-7)14-6-8-2-4-11(13)15(8)10/h1-6H. The topological polar surface area (TPSA) is 17.3 Å². The van der Waals surface area contributed by atoms with Crippen LogP contribution in [0.1, 0.15) is 0 Å². The Labute approximate surface area is 96.1 Å². The average molecular weight is 237 g/mol. The zero-order valence-electron chi connectivity index (χ0n) is 7.61. The molecule has 3 aromatic rings. The molecule has 0 aliphatic heterocycles. The van der Waals surface area contributed by atoms with Gasteiger partial charge in [-0.05, 0) is 30.3 Å². The molecule has 2 aromatic heterocycles. The highest BCUT2D eigenvalue weighted by atomic mass is 35.5. The molecule has 15 heavy (non-hydrogen) atoms. The van der Waals surface area contributed by atoms with Gasteiger partial charge in [0.2, 0.25) is 0 Å². The average Bonchev–Trinajstić information content (AvgIpc) is 2.60. The van der Waals surface area contributed by atoms with Crippen LogP contribution in [0.2, 0.25) is 10.2 Å². The van der Waals surface area contributed by atoms with E-state index in [1.54, 1.807) is 6.20 Å². The smallest absolute Gasteiger partial charge is 0.114 e. The maximum Gasteiger partial charge on any atom is 0.114 e. The van der Waals surface area contributed by atoms with E-state index in [-0.39, 0.29) is 0 Å². The van der Waals surface area contributed by atoms with Crippen molar-refractivity contribution in [2.24, 2.45) is 0 Å². The van der Waals surface area contributed by atoms with Crippen LogP contribution in [-0.4, -0.2) is 9.38 Å². The van der Waals surface area contributed by atoms with Crippen molar-refractivity contribution in [2.45, 2.75) is 0 Å². The fourth-order valence-corrected chi connectivity index (χ4v) is 2.12. The molecule has 0 N–H and O–H groups in total. The molecule has 2 nitrogen and oxygen atoms in total. The molecule has 2 heterocycles. The summed E-state index contributed by atoms with van der Waals surface area (Å²) in [6.45, 7) is 0. The lowest BCUT2D eigenvalue weighted by atomic mass is 10.3. The van der Waals surface area contributed by atoms with E-state index < -0.39 is 0 Å². The molecular weight excluding hydrogens is 231 g/mol. The first-order valence-corrected chi connectivity index (χ1v) is 5.22. The van der Waals surface area contributed by atoms with Crippen molar-refractivity contribution >= 4 is 39.8 Å². The van der Waals surface area contributed by atoms with E-state index in [0.29, 0.717) is 10.2 Å². The number of hydrogen-bond acceptors (Lipinski definition) is 1. The molecule has 0 radical (unpaired) electrons. The number of hydrogen-bond donors (Lipinski definition) is 0. The molecule has 0 aliphatic rings. The van der Waals surface area contributed by atoms with Gasteiger partial charge < -0.3 is 0 Å². The van der Waals surface area contributed by atoms with Crippen LogP contribution in [0.15, 0.2) is 36.5 Å². The van der Waals surface area contributed by atoms with Crippen LogP contribution >= 0.6 is 23.2 Å².